The molecule has 3 unspecified atom stereocenters. The van der Waals surface area contributed by atoms with Crippen LogP contribution in [0.4, 0.5) is 0 Å². The topological polar surface area (TPSA) is 63.4 Å². The Kier molecular flexibility index (Phi) is 3.28. The van der Waals surface area contributed by atoms with Crippen molar-refractivity contribution in [3.05, 3.63) is 0 Å². The third kappa shape index (κ3) is 2.12. The maximum absolute atomic E-state index is 11.7. The molecule has 4 heteroatoms. The minimum atomic E-state index is -0.121. The van der Waals surface area contributed by atoms with Crippen LogP contribution in [0.2, 0.25) is 0 Å². The monoisotopic (exact) mass is 224 g/mol. The Morgan fingerprint density at radius 2 is 2.12 bits per heavy atom. The molecule has 0 spiro atoms. The van der Waals surface area contributed by atoms with Gasteiger partial charge in [0.2, 0.25) is 11.8 Å². The summed E-state index contributed by atoms with van der Waals surface area (Å²) in [6, 6.07) is 0.269. The van der Waals surface area contributed by atoms with Crippen LogP contribution in [-0.2, 0) is 9.59 Å². The van der Waals surface area contributed by atoms with Gasteiger partial charge in [0, 0.05) is 24.9 Å². The largest absolute Gasteiger partial charge is 0.327 e. The Labute approximate surface area is 96.2 Å². The van der Waals surface area contributed by atoms with Gasteiger partial charge in [0.1, 0.15) is 0 Å². The molecule has 2 rings (SSSR count). The second-order valence-corrected chi connectivity index (χ2v) is 5.13. The molecule has 4 nitrogen and oxygen atoms in total. The van der Waals surface area contributed by atoms with E-state index >= 15 is 0 Å². The van der Waals surface area contributed by atoms with Gasteiger partial charge in [-0.05, 0) is 25.2 Å². The number of hydrogen-bond donors (Lipinski definition) is 1. The Morgan fingerprint density at radius 1 is 1.38 bits per heavy atom. The fourth-order valence-corrected chi connectivity index (χ4v) is 2.80. The highest BCUT2D eigenvalue weighted by Crippen LogP contribution is 2.28. The first-order valence-corrected chi connectivity index (χ1v) is 6.19. The van der Waals surface area contributed by atoms with E-state index in [0.717, 1.165) is 19.3 Å². The predicted octanol–water partition coefficient (Wildman–Crippen LogP) is 0.899. The van der Waals surface area contributed by atoms with Gasteiger partial charge >= 0.3 is 0 Å². The van der Waals surface area contributed by atoms with Crippen molar-refractivity contribution in [2.75, 3.05) is 6.54 Å². The number of hydrogen-bond acceptors (Lipinski definition) is 3. The molecule has 0 aromatic heterocycles. The summed E-state index contributed by atoms with van der Waals surface area (Å²) < 4.78 is 0. The van der Waals surface area contributed by atoms with Crippen molar-refractivity contribution in [1.29, 1.82) is 0 Å². The number of carbonyl (C=O) groups excluding carboxylic acids is 2. The van der Waals surface area contributed by atoms with Gasteiger partial charge < -0.3 is 5.73 Å². The number of carbonyl (C=O) groups is 2. The number of nitrogens with two attached hydrogens (primary N) is 1. The lowest BCUT2D eigenvalue weighted by molar-refractivity contribution is -0.139. The summed E-state index contributed by atoms with van der Waals surface area (Å²) in [5.41, 5.74) is 5.97. The molecule has 0 bridgehead atoms. The molecular weight excluding hydrogens is 204 g/mol. The van der Waals surface area contributed by atoms with Gasteiger partial charge in [-0.3, -0.25) is 14.5 Å². The molecule has 0 radical (unpaired) electrons. The molecule has 0 aromatic rings. The van der Waals surface area contributed by atoms with Gasteiger partial charge in [0.15, 0.2) is 0 Å². The van der Waals surface area contributed by atoms with Crippen LogP contribution in [0.5, 0.6) is 0 Å². The molecular formula is C12H20N2O2. The van der Waals surface area contributed by atoms with Crippen molar-refractivity contribution in [2.45, 2.75) is 45.1 Å². The molecule has 2 N–H and O–H groups in total. The van der Waals surface area contributed by atoms with E-state index in [9.17, 15) is 9.59 Å². The summed E-state index contributed by atoms with van der Waals surface area (Å²) in [6.45, 7) is 2.39. The molecule has 1 saturated carbocycles. The van der Waals surface area contributed by atoms with E-state index in [2.05, 4.69) is 0 Å². The summed E-state index contributed by atoms with van der Waals surface area (Å²) in [5.74, 6) is 0.363. The Bertz CT molecular complexity index is 303. The molecule has 2 aliphatic rings. The highest BCUT2D eigenvalue weighted by molar-refractivity contribution is 6.03. The minimum Gasteiger partial charge on any atom is -0.327 e. The fraction of sp³-hybridized carbons (Fsp3) is 0.833. The van der Waals surface area contributed by atoms with Gasteiger partial charge in [-0.2, -0.15) is 0 Å². The van der Waals surface area contributed by atoms with Crippen LogP contribution in [0.15, 0.2) is 0 Å². The molecule has 1 aliphatic carbocycles. The molecule has 1 heterocycles. The van der Waals surface area contributed by atoms with Crippen LogP contribution in [0.25, 0.3) is 0 Å². The number of nitrogens with zero attached hydrogens (tertiary/aromatic N) is 1. The zero-order chi connectivity index (χ0) is 11.7. The Morgan fingerprint density at radius 3 is 2.62 bits per heavy atom. The fourth-order valence-electron chi connectivity index (χ4n) is 2.80. The number of imide groups is 1. The van der Waals surface area contributed by atoms with Gasteiger partial charge in [-0.25, -0.2) is 0 Å². The standard InChI is InChI=1S/C12H20N2O2/c1-8-7-11(15)14(12(8)16)6-5-9-3-2-4-10(9)13/h8-10H,2-7,13H2,1H3. The third-order valence-electron chi connectivity index (χ3n) is 3.91. The van der Waals surface area contributed by atoms with Crippen LogP contribution >= 0.6 is 0 Å². The number of likely N-dealkylation sites (tertiary alicyclic amines) is 1. The van der Waals surface area contributed by atoms with Crippen molar-refractivity contribution in [2.24, 2.45) is 17.6 Å². The van der Waals surface area contributed by atoms with E-state index < -0.39 is 0 Å². The molecule has 2 amide bonds. The van der Waals surface area contributed by atoms with Gasteiger partial charge in [-0.15, -0.1) is 0 Å². The van der Waals surface area contributed by atoms with Gasteiger partial charge in [0.25, 0.3) is 0 Å². The molecule has 16 heavy (non-hydrogen) atoms. The lowest BCUT2D eigenvalue weighted by Crippen LogP contribution is -2.34. The first-order valence-electron chi connectivity index (χ1n) is 6.19. The zero-order valence-electron chi connectivity index (χ0n) is 9.82. The average Bonchev–Trinajstić information content (AvgIpc) is 2.72. The van der Waals surface area contributed by atoms with Crippen molar-refractivity contribution < 1.29 is 9.59 Å². The second-order valence-electron chi connectivity index (χ2n) is 5.13. The Balaban J connectivity index is 1.86. The van der Waals surface area contributed by atoms with Crippen LogP contribution in [0.1, 0.15) is 39.0 Å². The average molecular weight is 224 g/mol. The third-order valence-corrected chi connectivity index (χ3v) is 3.91. The molecule has 0 aromatic carbocycles. The minimum absolute atomic E-state index is 0.00318. The number of rotatable bonds is 3. The molecule has 1 saturated heterocycles. The van der Waals surface area contributed by atoms with Crippen LogP contribution in [0, 0.1) is 11.8 Å². The summed E-state index contributed by atoms with van der Waals surface area (Å²) >= 11 is 0. The SMILES string of the molecule is CC1CC(=O)N(CCC2CCCC2N)C1=O. The van der Waals surface area contributed by atoms with Crippen LogP contribution in [-0.4, -0.2) is 29.3 Å². The van der Waals surface area contributed by atoms with E-state index in [-0.39, 0.29) is 23.8 Å². The van der Waals surface area contributed by atoms with Crippen LogP contribution in [0.3, 0.4) is 0 Å². The second kappa shape index (κ2) is 4.53. The van der Waals surface area contributed by atoms with E-state index in [0.29, 0.717) is 18.9 Å². The lowest BCUT2D eigenvalue weighted by Gasteiger charge is -2.19. The summed E-state index contributed by atoms with van der Waals surface area (Å²) in [5, 5.41) is 0. The highest BCUT2D eigenvalue weighted by atomic mass is 16.2. The summed E-state index contributed by atoms with van der Waals surface area (Å²) in [4.78, 5) is 24.7. The van der Waals surface area contributed by atoms with E-state index in [4.69, 9.17) is 5.73 Å². The molecule has 90 valence electrons. The smallest absolute Gasteiger partial charge is 0.232 e. The van der Waals surface area contributed by atoms with Crippen molar-refractivity contribution in [3.8, 4) is 0 Å². The molecule has 1 aliphatic heterocycles. The quantitative estimate of drug-likeness (QED) is 0.724. The maximum Gasteiger partial charge on any atom is 0.232 e. The van der Waals surface area contributed by atoms with Gasteiger partial charge in [-0.1, -0.05) is 13.3 Å². The number of amides is 2. The highest BCUT2D eigenvalue weighted by Gasteiger charge is 2.36. The van der Waals surface area contributed by atoms with Crippen molar-refractivity contribution in [1.82, 2.24) is 4.90 Å². The van der Waals surface area contributed by atoms with E-state index in [1.54, 1.807) is 0 Å². The lowest BCUT2D eigenvalue weighted by atomic mass is 10.00. The summed E-state index contributed by atoms with van der Waals surface area (Å²) in [6.07, 6.45) is 4.68. The van der Waals surface area contributed by atoms with Crippen LogP contribution < -0.4 is 5.73 Å². The first-order chi connectivity index (χ1) is 7.59. The zero-order valence-corrected chi connectivity index (χ0v) is 9.82. The first kappa shape index (κ1) is 11.6. The van der Waals surface area contributed by atoms with Crippen molar-refractivity contribution in [3.63, 3.8) is 0 Å². The Hall–Kier alpha value is -0.900. The van der Waals surface area contributed by atoms with E-state index in [1.165, 1.54) is 11.3 Å². The summed E-state index contributed by atoms with van der Waals surface area (Å²) in [7, 11) is 0. The van der Waals surface area contributed by atoms with Crippen molar-refractivity contribution >= 4 is 11.8 Å². The van der Waals surface area contributed by atoms with E-state index in [1.807, 2.05) is 6.92 Å². The normalized spacial score (nSPS) is 35.1. The predicted molar refractivity (Wildman–Crippen MR) is 60.4 cm³/mol. The maximum atomic E-state index is 11.7. The van der Waals surface area contributed by atoms with Gasteiger partial charge in [0.05, 0.1) is 0 Å². The molecule has 2 fully saturated rings. The molecule has 3 atom stereocenters.